The highest BCUT2D eigenvalue weighted by molar-refractivity contribution is 7.86. The molecule has 0 aliphatic heterocycles. The van der Waals surface area contributed by atoms with Crippen molar-refractivity contribution in [3.05, 3.63) is 48.0 Å². The minimum atomic E-state index is -4.66. The molecular formula is C12H8N2O6S2. The summed E-state index contributed by atoms with van der Waals surface area (Å²) in [4.78, 5) is 6.05. The second-order valence-corrected chi connectivity index (χ2v) is 6.86. The summed E-state index contributed by atoms with van der Waals surface area (Å²) in [7, 11) is -9.32. The van der Waals surface area contributed by atoms with Gasteiger partial charge in [-0.1, -0.05) is 11.8 Å². The van der Waals surface area contributed by atoms with Crippen LogP contribution in [-0.2, 0) is 20.2 Å². The highest BCUT2D eigenvalue weighted by Gasteiger charge is 2.17. The van der Waals surface area contributed by atoms with Crippen LogP contribution in [0.4, 0.5) is 0 Å². The molecule has 0 radical (unpaired) electrons. The van der Waals surface area contributed by atoms with Gasteiger partial charge in [-0.15, -0.1) is 0 Å². The molecule has 0 bridgehead atoms. The third-order valence-corrected chi connectivity index (χ3v) is 4.05. The average Bonchev–Trinajstić information content (AvgIpc) is 2.44. The Morgan fingerprint density at radius 2 is 1.23 bits per heavy atom. The minimum Gasteiger partial charge on any atom is -0.282 e. The van der Waals surface area contributed by atoms with Crippen molar-refractivity contribution in [1.29, 1.82) is 0 Å². The molecule has 8 nitrogen and oxygen atoms in total. The van der Waals surface area contributed by atoms with Crippen molar-refractivity contribution in [2.75, 3.05) is 0 Å². The molecule has 0 aliphatic rings. The zero-order chi connectivity index (χ0) is 16.4. The van der Waals surface area contributed by atoms with Crippen molar-refractivity contribution >= 4 is 20.2 Å². The molecule has 1 heterocycles. The van der Waals surface area contributed by atoms with E-state index in [2.05, 4.69) is 21.8 Å². The SMILES string of the molecule is O=S(=O)(O)c1cc(C#Cc2cncnc2)cc(S(=O)(=O)O)c1. The molecule has 10 heteroatoms. The summed E-state index contributed by atoms with van der Waals surface area (Å²) >= 11 is 0. The van der Waals surface area contributed by atoms with Crippen LogP contribution < -0.4 is 0 Å². The molecule has 1 aromatic heterocycles. The molecule has 0 spiro atoms. The van der Waals surface area contributed by atoms with Crippen LogP contribution in [0.15, 0.2) is 46.7 Å². The largest absolute Gasteiger partial charge is 0.294 e. The van der Waals surface area contributed by atoms with Crippen LogP contribution >= 0.6 is 0 Å². The number of nitrogens with zero attached hydrogens (tertiary/aromatic N) is 2. The molecule has 0 atom stereocenters. The van der Waals surface area contributed by atoms with Gasteiger partial charge in [-0.05, 0) is 18.2 Å². The van der Waals surface area contributed by atoms with Crippen LogP contribution in [0.5, 0.6) is 0 Å². The van der Waals surface area contributed by atoms with E-state index in [4.69, 9.17) is 9.11 Å². The quantitative estimate of drug-likeness (QED) is 0.591. The van der Waals surface area contributed by atoms with E-state index >= 15 is 0 Å². The molecule has 0 aliphatic carbocycles. The van der Waals surface area contributed by atoms with Gasteiger partial charge in [-0.25, -0.2) is 9.97 Å². The number of benzene rings is 1. The lowest BCUT2D eigenvalue weighted by Crippen LogP contribution is -2.04. The molecule has 114 valence electrons. The number of aromatic nitrogens is 2. The molecule has 22 heavy (non-hydrogen) atoms. The van der Waals surface area contributed by atoms with Gasteiger partial charge in [0.2, 0.25) is 0 Å². The van der Waals surface area contributed by atoms with Gasteiger partial charge in [0, 0.05) is 18.0 Å². The lowest BCUT2D eigenvalue weighted by atomic mass is 10.2. The third-order valence-electron chi connectivity index (χ3n) is 2.39. The third kappa shape index (κ3) is 4.09. The number of rotatable bonds is 2. The van der Waals surface area contributed by atoms with Crippen LogP contribution in [0.2, 0.25) is 0 Å². The predicted molar refractivity (Wildman–Crippen MR) is 74.1 cm³/mol. The van der Waals surface area contributed by atoms with Crippen molar-refractivity contribution in [1.82, 2.24) is 9.97 Å². The first-order chi connectivity index (χ1) is 10.2. The van der Waals surface area contributed by atoms with Crippen LogP contribution in [0, 0.1) is 11.8 Å². The minimum absolute atomic E-state index is 0.0356. The maximum absolute atomic E-state index is 11.1. The maximum atomic E-state index is 11.1. The first-order valence-electron chi connectivity index (χ1n) is 5.53. The Hall–Kier alpha value is -2.32. The van der Waals surface area contributed by atoms with Crippen LogP contribution in [0.1, 0.15) is 11.1 Å². The standard InChI is InChI=1S/C12H8N2O6S2/c15-21(16,17)11-3-9(4-12(5-11)22(18,19)20)1-2-10-6-13-8-14-7-10/h3-8H,(H,15,16,17)(H,18,19,20). The van der Waals surface area contributed by atoms with Gasteiger partial charge in [0.05, 0.1) is 15.4 Å². The molecule has 2 aromatic rings. The van der Waals surface area contributed by atoms with Gasteiger partial charge >= 0.3 is 0 Å². The summed E-state index contributed by atoms with van der Waals surface area (Å²) in [6.45, 7) is 0. The lowest BCUT2D eigenvalue weighted by molar-refractivity contribution is 0.481. The Morgan fingerprint density at radius 1 is 0.773 bits per heavy atom. The topological polar surface area (TPSA) is 135 Å². The molecule has 2 rings (SSSR count). The molecular weight excluding hydrogens is 332 g/mol. The normalized spacial score (nSPS) is 11.5. The van der Waals surface area contributed by atoms with E-state index in [0.29, 0.717) is 11.6 Å². The van der Waals surface area contributed by atoms with Crippen molar-refractivity contribution in [2.24, 2.45) is 0 Å². The van der Waals surface area contributed by atoms with E-state index in [0.717, 1.165) is 12.1 Å². The zero-order valence-corrected chi connectivity index (χ0v) is 12.3. The second-order valence-electron chi connectivity index (χ2n) is 4.02. The summed E-state index contributed by atoms with van der Waals surface area (Å²) in [5, 5.41) is 0. The Bertz CT molecular complexity index is 923. The Morgan fingerprint density at radius 3 is 1.68 bits per heavy atom. The summed E-state index contributed by atoms with van der Waals surface area (Å²) in [6.07, 6.45) is 4.09. The van der Waals surface area contributed by atoms with Gasteiger partial charge in [0.15, 0.2) is 0 Å². The maximum Gasteiger partial charge on any atom is 0.294 e. The number of hydrogen-bond donors (Lipinski definition) is 2. The van der Waals surface area contributed by atoms with Crippen molar-refractivity contribution in [3.63, 3.8) is 0 Å². The highest BCUT2D eigenvalue weighted by Crippen LogP contribution is 2.18. The Kier molecular flexibility index (Phi) is 4.25. The zero-order valence-electron chi connectivity index (χ0n) is 10.7. The van der Waals surface area contributed by atoms with Crippen LogP contribution in [-0.4, -0.2) is 35.9 Å². The van der Waals surface area contributed by atoms with Crippen molar-refractivity contribution in [3.8, 4) is 11.8 Å². The smallest absolute Gasteiger partial charge is 0.282 e. The van der Waals surface area contributed by atoms with Gasteiger partial charge < -0.3 is 0 Å². The Balaban J connectivity index is 2.60. The predicted octanol–water partition coefficient (Wildman–Crippen LogP) is 0.370. The van der Waals surface area contributed by atoms with Crippen molar-refractivity contribution in [2.45, 2.75) is 9.79 Å². The molecule has 0 saturated heterocycles. The van der Waals surface area contributed by atoms with Crippen LogP contribution in [0.25, 0.3) is 0 Å². The average molecular weight is 340 g/mol. The van der Waals surface area contributed by atoms with Gasteiger partial charge in [-0.3, -0.25) is 9.11 Å². The second kappa shape index (κ2) is 5.82. The van der Waals surface area contributed by atoms with Crippen LogP contribution in [0.3, 0.4) is 0 Å². The van der Waals surface area contributed by atoms with E-state index in [1.54, 1.807) is 0 Å². The fraction of sp³-hybridized carbons (Fsp3) is 0. The van der Waals surface area contributed by atoms with Gasteiger partial charge in [0.25, 0.3) is 20.2 Å². The fourth-order valence-electron chi connectivity index (χ4n) is 1.45. The fourth-order valence-corrected chi connectivity index (χ4v) is 2.63. The molecule has 2 N–H and O–H groups in total. The first-order valence-corrected chi connectivity index (χ1v) is 8.41. The Labute approximate surface area is 126 Å². The van der Waals surface area contributed by atoms with E-state index in [1.807, 2.05) is 0 Å². The van der Waals surface area contributed by atoms with E-state index < -0.39 is 30.0 Å². The monoisotopic (exact) mass is 340 g/mol. The van der Waals surface area contributed by atoms with E-state index in [9.17, 15) is 16.8 Å². The summed E-state index contributed by atoms with van der Waals surface area (Å²) in [5.74, 6) is 5.10. The molecule has 1 aromatic carbocycles. The summed E-state index contributed by atoms with van der Waals surface area (Å²) < 4.78 is 62.6. The highest BCUT2D eigenvalue weighted by atomic mass is 32.2. The van der Waals surface area contributed by atoms with E-state index in [1.165, 1.54) is 18.7 Å². The van der Waals surface area contributed by atoms with Gasteiger partial charge in [-0.2, -0.15) is 16.8 Å². The summed E-state index contributed by atoms with van der Waals surface area (Å²) in [6, 6.07) is 2.57. The first kappa shape index (κ1) is 16.1. The molecule has 0 fully saturated rings. The molecule has 0 unspecified atom stereocenters. The lowest BCUT2D eigenvalue weighted by Gasteiger charge is -2.02. The number of hydrogen-bond acceptors (Lipinski definition) is 6. The molecule has 0 saturated carbocycles. The van der Waals surface area contributed by atoms with Gasteiger partial charge in [0.1, 0.15) is 6.33 Å². The molecule has 0 amide bonds. The summed E-state index contributed by atoms with van der Waals surface area (Å²) in [5.41, 5.74) is 0.375. The van der Waals surface area contributed by atoms with Crippen molar-refractivity contribution < 1.29 is 25.9 Å². The van der Waals surface area contributed by atoms with E-state index in [-0.39, 0.29) is 5.56 Å².